The summed E-state index contributed by atoms with van der Waals surface area (Å²) >= 11 is 1.87. The van der Waals surface area contributed by atoms with E-state index >= 15 is 0 Å². The molecule has 3 N–H and O–H groups in total. The van der Waals surface area contributed by atoms with Gasteiger partial charge in [-0.25, -0.2) is 4.79 Å². The summed E-state index contributed by atoms with van der Waals surface area (Å²) in [6.45, 7) is 4.83. The molecule has 1 aliphatic rings. The summed E-state index contributed by atoms with van der Waals surface area (Å²) in [5, 5.41) is 8.46. The number of carbonyl (C=O) groups is 2. The molecule has 0 aliphatic carbocycles. The van der Waals surface area contributed by atoms with Crippen molar-refractivity contribution >= 4 is 23.7 Å². The average molecular weight is 287 g/mol. The highest BCUT2D eigenvalue weighted by atomic mass is 32.2. The van der Waals surface area contributed by atoms with E-state index in [0.29, 0.717) is 6.54 Å². The maximum atomic E-state index is 11.8. The van der Waals surface area contributed by atoms with Crippen molar-refractivity contribution in [1.82, 2.24) is 16.0 Å². The van der Waals surface area contributed by atoms with Crippen molar-refractivity contribution in [3.63, 3.8) is 0 Å². The second kappa shape index (κ2) is 9.07. The highest BCUT2D eigenvalue weighted by Crippen LogP contribution is 2.06. The molecule has 0 aromatic rings. The minimum absolute atomic E-state index is 0.0677. The van der Waals surface area contributed by atoms with Crippen LogP contribution in [0.1, 0.15) is 39.5 Å². The molecule has 0 bridgehead atoms. The van der Waals surface area contributed by atoms with E-state index in [2.05, 4.69) is 22.9 Å². The summed E-state index contributed by atoms with van der Waals surface area (Å²) in [5.41, 5.74) is 0. The third kappa shape index (κ3) is 6.71. The van der Waals surface area contributed by atoms with Crippen LogP contribution >= 0.6 is 11.8 Å². The van der Waals surface area contributed by atoms with Gasteiger partial charge in [0.1, 0.15) is 6.04 Å². The van der Waals surface area contributed by atoms with Crippen LogP contribution in [0.2, 0.25) is 0 Å². The van der Waals surface area contributed by atoms with Crippen molar-refractivity contribution in [2.75, 3.05) is 18.1 Å². The van der Waals surface area contributed by atoms with E-state index < -0.39 is 0 Å². The molecule has 0 spiro atoms. The van der Waals surface area contributed by atoms with Gasteiger partial charge < -0.3 is 16.0 Å². The van der Waals surface area contributed by atoms with Crippen LogP contribution in [0.3, 0.4) is 0 Å². The highest BCUT2D eigenvalue weighted by Gasteiger charge is 2.22. The summed E-state index contributed by atoms with van der Waals surface area (Å²) in [6.07, 6.45) is 3.62. The fraction of sp³-hybridized carbons (Fsp3) is 0.846. The SMILES string of the molecule is CCSCC[C@H](C)NC(=O)N[C@@H]1CCCCNC1=O. The lowest BCUT2D eigenvalue weighted by atomic mass is 10.1. The summed E-state index contributed by atoms with van der Waals surface area (Å²) in [7, 11) is 0. The molecule has 2 atom stereocenters. The first-order valence-electron chi connectivity index (χ1n) is 7.06. The van der Waals surface area contributed by atoms with Gasteiger partial charge in [0, 0.05) is 12.6 Å². The molecule has 0 unspecified atom stereocenters. The highest BCUT2D eigenvalue weighted by molar-refractivity contribution is 7.99. The molecule has 110 valence electrons. The number of hydrogen-bond donors (Lipinski definition) is 3. The standard InChI is InChI=1S/C13H25N3O2S/c1-3-19-9-7-10(2)15-13(18)16-11-6-4-5-8-14-12(11)17/h10-11H,3-9H2,1-2H3,(H,14,17)(H2,15,16,18)/t10-,11+/m0/s1. The van der Waals surface area contributed by atoms with Crippen molar-refractivity contribution in [3.8, 4) is 0 Å². The minimum Gasteiger partial charge on any atom is -0.354 e. The van der Waals surface area contributed by atoms with Crippen molar-refractivity contribution in [1.29, 1.82) is 0 Å². The Morgan fingerprint density at radius 1 is 1.53 bits per heavy atom. The number of nitrogens with one attached hydrogen (secondary N) is 3. The van der Waals surface area contributed by atoms with E-state index in [0.717, 1.165) is 37.2 Å². The molecular weight excluding hydrogens is 262 g/mol. The Balaban J connectivity index is 2.27. The Labute approximate surface area is 119 Å². The summed E-state index contributed by atoms with van der Waals surface area (Å²) < 4.78 is 0. The van der Waals surface area contributed by atoms with E-state index in [-0.39, 0.29) is 24.0 Å². The molecule has 1 aliphatic heterocycles. The first-order chi connectivity index (χ1) is 9.13. The Morgan fingerprint density at radius 2 is 2.32 bits per heavy atom. The molecule has 0 aromatic carbocycles. The topological polar surface area (TPSA) is 70.2 Å². The van der Waals surface area contributed by atoms with Crippen LogP contribution in [0, 0.1) is 0 Å². The molecule has 1 fully saturated rings. The number of amides is 3. The van der Waals surface area contributed by atoms with Gasteiger partial charge in [-0.15, -0.1) is 0 Å². The molecule has 19 heavy (non-hydrogen) atoms. The van der Waals surface area contributed by atoms with Gasteiger partial charge in [-0.3, -0.25) is 4.79 Å². The van der Waals surface area contributed by atoms with Crippen LogP contribution in [0.4, 0.5) is 4.79 Å². The Morgan fingerprint density at radius 3 is 3.05 bits per heavy atom. The largest absolute Gasteiger partial charge is 0.354 e. The molecule has 6 heteroatoms. The molecule has 0 radical (unpaired) electrons. The van der Waals surface area contributed by atoms with Gasteiger partial charge in [-0.05, 0) is 44.1 Å². The van der Waals surface area contributed by atoms with Gasteiger partial charge in [0.05, 0.1) is 0 Å². The van der Waals surface area contributed by atoms with Crippen LogP contribution in [-0.4, -0.2) is 42.1 Å². The maximum absolute atomic E-state index is 11.8. The molecule has 3 amide bonds. The van der Waals surface area contributed by atoms with E-state index in [1.165, 1.54) is 0 Å². The summed E-state index contributed by atoms with van der Waals surface area (Å²) in [6, 6.07) is -0.497. The second-order valence-electron chi connectivity index (χ2n) is 4.84. The number of hydrogen-bond acceptors (Lipinski definition) is 3. The van der Waals surface area contributed by atoms with Crippen molar-refractivity contribution in [2.45, 2.75) is 51.6 Å². The molecule has 0 saturated carbocycles. The smallest absolute Gasteiger partial charge is 0.315 e. The van der Waals surface area contributed by atoms with Gasteiger partial charge in [0.25, 0.3) is 0 Å². The van der Waals surface area contributed by atoms with Crippen LogP contribution in [0.25, 0.3) is 0 Å². The van der Waals surface area contributed by atoms with E-state index in [1.807, 2.05) is 18.7 Å². The number of thioether (sulfide) groups is 1. The number of rotatable bonds is 6. The van der Waals surface area contributed by atoms with Crippen LogP contribution < -0.4 is 16.0 Å². The Kier molecular flexibility index (Phi) is 7.70. The van der Waals surface area contributed by atoms with Crippen molar-refractivity contribution < 1.29 is 9.59 Å². The number of urea groups is 1. The lowest BCUT2D eigenvalue weighted by Crippen LogP contribution is -2.50. The molecule has 0 aromatic heterocycles. The van der Waals surface area contributed by atoms with Crippen molar-refractivity contribution in [3.05, 3.63) is 0 Å². The molecule has 5 nitrogen and oxygen atoms in total. The molecule has 1 rings (SSSR count). The van der Waals surface area contributed by atoms with E-state index in [9.17, 15) is 9.59 Å². The van der Waals surface area contributed by atoms with Gasteiger partial charge in [-0.1, -0.05) is 6.92 Å². The minimum atomic E-state index is -0.389. The predicted molar refractivity (Wildman–Crippen MR) is 79.4 cm³/mol. The first kappa shape index (κ1) is 16.1. The van der Waals surface area contributed by atoms with Gasteiger partial charge in [0.15, 0.2) is 0 Å². The maximum Gasteiger partial charge on any atom is 0.315 e. The zero-order chi connectivity index (χ0) is 14.1. The van der Waals surface area contributed by atoms with Crippen LogP contribution in [0.15, 0.2) is 0 Å². The molecule has 1 heterocycles. The fourth-order valence-corrected chi connectivity index (χ4v) is 2.79. The predicted octanol–water partition coefficient (Wildman–Crippen LogP) is 1.49. The molecule has 1 saturated heterocycles. The third-order valence-corrected chi connectivity index (χ3v) is 4.05. The fourth-order valence-electron chi connectivity index (χ4n) is 1.98. The normalized spacial score (nSPS) is 21.2. The van der Waals surface area contributed by atoms with E-state index in [4.69, 9.17) is 0 Å². The van der Waals surface area contributed by atoms with Crippen molar-refractivity contribution in [2.24, 2.45) is 0 Å². The Bertz CT molecular complexity index is 300. The monoisotopic (exact) mass is 287 g/mol. The van der Waals surface area contributed by atoms with Crippen LogP contribution in [0.5, 0.6) is 0 Å². The summed E-state index contributed by atoms with van der Waals surface area (Å²) in [5.74, 6) is 2.07. The van der Waals surface area contributed by atoms with Crippen LogP contribution in [-0.2, 0) is 4.79 Å². The van der Waals surface area contributed by atoms with Gasteiger partial charge >= 0.3 is 6.03 Å². The Hall–Kier alpha value is -0.910. The second-order valence-corrected chi connectivity index (χ2v) is 6.24. The zero-order valence-electron chi connectivity index (χ0n) is 11.8. The average Bonchev–Trinajstić information content (AvgIpc) is 2.55. The zero-order valence-corrected chi connectivity index (χ0v) is 12.6. The summed E-state index contributed by atoms with van der Waals surface area (Å²) in [4.78, 5) is 23.5. The third-order valence-electron chi connectivity index (χ3n) is 3.12. The first-order valence-corrected chi connectivity index (χ1v) is 8.21. The lowest BCUT2D eigenvalue weighted by molar-refractivity contribution is -0.122. The molecular formula is C13H25N3O2S. The van der Waals surface area contributed by atoms with E-state index in [1.54, 1.807) is 0 Å². The quantitative estimate of drug-likeness (QED) is 0.648. The van der Waals surface area contributed by atoms with Gasteiger partial charge in [0.2, 0.25) is 5.91 Å². The van der Waals surface area contributed by atoms with Gasteiger partial charge in [-0.2, -0.15) is 11.8 Å². The number of carbonyl (C=O) groups excluding carboxylic acids is 2. The lowest BCUT2D eigenvalue weighted by Gasteiger charge is -2.18.